The lowest BCUT2D eigenvalue weighted by Gasteiger charge is -2.22. The molecule has 31 heavy (non-hydrogen) atoms. The summed E-state index contributed by atoms with van der Waals surface area (Å²) < 4.78 is 11.1. The largest absolute Gasteiger partial charge is 0.496 e. The van der Waals surface area contributed by atoms with E-state index in [1.54, 1.807) is 19.1 Å². The summed E-state index contributed by atoms with van der Waals surface area (Å²) in [5, 5.41) is 0.508. The van der Waals surface area contributed by atoms with Crippen LogP contribution in [0.1, 0.15) is 16.7 Å². The van der Waals surface area contributed by atoms with Crippen LogP contribution in [0.4, 0.5) is 0 Å². The Balaban J connectivity index is 1.56. The maximum absolute atomic E-state index is 13.0. The number of fused-ring (bicyclic) bond motifs is 1. The SMILES string of the molecule is COc1ccccc1-c1cc(Cl)c(CC(N)C(=O)N2Cc3ccccc3C2)c(OC)c1. The molecule has 3 aromatic carbocycles. The number of carbonyl (C=O) groups excluding carboxylic acids is 1. The van der Waals surface area contributed by atoms with Crippen molar-refractivity contribution in [1.82, 2.24) is 4.90 Å². The van der Waals surface area contributed by atoms with Crippen LogP contribution in [-0.2, 0) is 24.3 Å². The molecule has 6 heteroatoms. The molecule has 160 valence electrons. The molecule has 5 nitrogen and oxygen atoms in total. The molecular formula is C25H25ClN2O3. The molecule has 0 saturated heterocycles. The number of amides is 1. The van der Waals surface area contributed by atoms with Gasteiger partial charge in [-0.2, -0.15) is 0 Å². The fourth-order valence-corrected chi connectivity index (χ4v) is 4.35. The fraction of sp³-hybridized carbons (Fsp3) is 0.240. The van der Waals surface area contributed by atoms with Gasteiger partial charge in [-0.25, -0.2) is 0 Å². The number of nitrogens with two attached hydrogens (primary N) is 1. The molecule has 1 amide bonds. The second-order valence-electron chi connectivity index (χ2n) is 7.61. The first-order chi connectivity index (χ1) is 15.0. The number of para-hydroxylation sites is 1. The van der Waals surface area contributed by atoms with Gasteiger partial charge in [-0.05, 0) is 34.9 Å². The molecule has 0 spiro atoms. The van der Waals surface area contributed by atoms with Crippen LogP contribution < -0.4 is 15.2 Å². The first-order valence-corrected chi connectivity index (χ1v) is 10.5. The van der Waals surface area contributed by atoms with E-state index in [-0.39, 0.29) is 5.91 Å². The molecule has 2 N–H and O–H groups in total. The molecule has 1 unspecified atom stereocenters. The van der Waals surface area contributed by atoms with Gasteiger partial charge in [0.05, 0.1) is 20.3 Å². The van der Waals surface area contributed by atoms with Crippen LogP contribution in [0, 0.1) is 0 Å². The van der Waals surface area contributed by atoms with Crippen molar-refractivity contribution in [3.8, 4) is 22.6 Å². The summed E-state index contributed by atoms with van der Waals surface area (Å²) >= 11 is 6.64. The molecule has 1 aliphatic rings. The lowest BCUT2D eigenvalue weighted by atomic mass is 9.98. The Morgan fingerprint density at radius 3 is 2.26 bits per heavy atom. The van der Waals surface area contributed by atoms with Crippen molar-refractivity contribution in [2.45, 2.75) is 25.6 Å². The van der Waals surface area contributed by atoms with Gasteiger partial charge in [-0.15, -0.1) is 0 Å². The van der Waals surface area contributed by atoms with Crippen LogP contribution in [0.25, 0.3) is 11.1 Å². The van der Waals surface area contributed by atoms with E-state index < -0.39 is 6.04 Å². The van der Waals surface area contributed by atoms with Gasteiger partial charge in [-0.3, -0.25) is 4.79 Å². The molecule has 4 rings (SSSR count). The summed E-state index contributed by atoms with van der Waals surface area (Å²) in [7, 11) is 3.22. The minimum absolute atomic E-state index is 0.0943. The second kappa shape index (κ2) is 9.00. The minimum atomic E-state index is -0.710. The molecule has 0 bridgehead atoms. The van der Waals surface area contributed by atoms with Gasteiger partial charge < -0.3 is 20.1 Å². The molecular weight excluding hydrogens is 412 g/mol. The van der Waals surface area contributed by atoms with Crippen LogP contribution >= 0.6 is 11.6 Å². The summed E-state index contributed by atoms with van der Waals surface area (Å²) in [5.41, 5.74) is 11.2. The highest BCUT2D eigenvalue weighted by Gasteiger charge is 2.28. The van der Waals surface area contributed by atoms with E-state index in [9.17, 15) is 4.79 Å². The summed E-state index contributed by atoms with van der Waals surface area (Å²) in [6.45, 7) is 1.17. The Hall–Kier alpha value is -3.02. The Bertz CT molecular complexity index is 1090. The maximum atomic E-state index is 13.0. The molecule has 0 saturated carbocycles. The summed E-state index contributed by atoms with van der Waals surface area (Å²) in [6, 6.07) is 18.8. The van der Waals surface area contributed by atoms with Crippen LogP contribution in [0.2, 0.25) is 5.02 Å². The Kier molecular flexibility index (Phi) is 6.16. The van der Waals surface area contributed by atoms with Crippen molar-refractivity contribution >= 4 is 17.5 Å². The van der Waals surface area contributed by atoms with Crippen molar-refractivity contribution in [1.29, 1.82) is 0 Å². The third-order valence-electron chi connectivity index (χ3n) is 5.69. The van der Waals surface area contributed by atoms with Gasteiger partial charge in [-0.1, -0.05) is 54.1 Å². The van der Waals surface area contributed by atoms with Crippen LogP contribution in [-0.4, -0.2) is 31.1 Å². The number of halogens is 1. The highest BCUT2D eigenvalue weighted by molar-refractivity contribution is 6.32. The second-order valence-corrected chi connectivity index (χ2v) is 8.02. The van der Waals surface area contributed by atoms with Crippen LogP contribution in [0.15, 0.2) is 60.7 Å². The van der Waals surface area contributed by atoms with Crippen molar-refractivity contribution < 1.29 is 14.3 Å². The van der Waals surface area contributed by atoms with E-state index >= 15 is 0 Å². The number of ether oxygens (including phenoxy) is 2. The number of hydrogen-bond acceptors (Lipinski definition) is 4. The number of methoxy groups -OCH3 is 2. The molecule has 3 aromatic rings. The summed E-state index contributed by atoms with van der Waals surface area (Å²) in [5.74, 6) is 1.25. The third-order valence-corrected chi connectivity index (χ3v) is 6.02. The quantitative estimate of drug-likeness (QED) is 0.620. The average molecular weight is 437 g/mol. The highest BCUT2D eigenvalue weighted by Crippen LogP contribution is 2.37. The van der Waals surface area contributed by atoms with E-state index in [0.717, 1.165) is 22.4 Å². The molecule has 0 fully saturated rings. The Labute approximate surface area is 187 Å². The topological polar surface area (TPSA) is 64.8 Å². The summed E-state index contributed by atoms with van der Waals surface area (Å²) in [6.07, 6.45) is 0.292. The van der Waals surface area contributed by atoms with E-state index in [4.69, 9.17) is 26.8 Å². The zero-order valence-corrected chi connectivity index (χ0v) is 18.4. The lowest BCUT2D eigenvalue weighted by Crippen LogP contribution is -2.42. The normalized spacial score (nSPS) is 13.6. The van der Waals surface area contributed by atoms with E-state index in [1.165, 1.54) is 11.1 Å². The van der Waals surface area contributed by atoms with Gasteiger partial charge in [0.15, 0.2) is 0 Å². The predicted molar refractivity (Wildman–Crippen MR) is 122 cm³/mol. The first kappa shape index (κ1) is 21.2. The summed E-state index contributed by atoms with van der Waals surface area (Å²) in [4.78, 5) is 14.8. The van der Waals surface area contributed by atoms with Crippen molar-refractivity contribution in [2.24, 2.45) is 5.73 Å². The molecule has 1 heterocycles. The molecule has 1 aliphatic heterocycles. The van der Waals surface area contributed by atoms with Gasteiger partial charge in [0.25, 0.3) is 0 Å². The number of benzene rings is 3. The molecule has 1 atom stereocenters. The molecule has 0 radical (unpaired) electrons. The van der Waals surface area contributed by atoms with Crippen molar-refractivity contribution in [2.75, 3.05) is 14.2 Å². The van der Waals surface area contributed by atoms with Crippen LogP contribution in [0.3, 0.4) is 0 Å². The first-order valence-electron chi connectivity index (χ1n) is 10.1. The smallest absolute Gasteiger partial charge is 0.240 e. The van der Waals surface area contributed by atoms with E-state index in [1.807, 2.05) is 60.7 Å². The zero-order valence-electron chi connectivity index (χ0n) is 17.6. The molecule has 0 aromatic heterocycles. The van der Waals surface area contributed by atoms with Gasteiger partial charge in [0, 0.05) is 35.7 Å². The van der Waals surface area contributed by atoms with E-state index in [2.05, 4.69) is 0 Å². The number of nitrogens with zero attached hydrogens (tertiary/aromatic N) is 1. The fourth-order valence-electron chi connectivity index (χ4n) is 4.06. The Morgan fingerprint density at radius 1 is 1.00 bits per heavy atom. The minimum Gasteiger partial charge on any atom is -0.496 e. The van der Waals surface area contributed by atoms with Gasteiger partial charge in [0.1, 0.15) is 11.5 Å². The molecule has 0 aliphatic carbocycles. The lowest BCUT2D eigenvalue weighted by molar-refractivity contribution is -0.133. The average Bonchev–Trinajstić information content (AvgIpc) is 3.23. The zero-order chi connectivity index (χ0) is 22.0. The third kappa shape index (κ3) is 4.24. The van der Waals surface area contributed by atoms with Crippen LogP contribution in [0.5, 0.6) is 11.5 Å². The number of hydrogen-bond donors (Lipinski definition) is 1. The number of rotatable bonds is 6. The van der Waals surface area contributed by atoms with Gasteiger partial charge in [0.2, 0.25) is 5.91 Å². The van der Waals surface area contributed by atoms with Gasteiger partial charge >= 0.3 is 0 Å². The maximum Gasteiger partial charge on any atom is 0.240 e. The predicted octanol–water partition coefficient (Wildman–Crippen LogP) is 4.44. The monoisotopic (exact) mass is 436 g/mol. The standard InChI is InChI=1S/C25H25ClN2O3/c1-30-23-10-6-5-9-19(23)18-11-21(26)20(24(12-18)31-2)13-22(27)25(29)28-14-16-7-3-4-8-17(16)15-28/h3-12,22H,13-15,27H2,1-2H3. The van der Waals surface area contributed by atoms with Crippen molar-refractivity contribution in [3.05, 3.63) is 82.4 Å². The number of carbonyl (C=O) groups is 1. The van der Waals surface area contributed by atoms with E-state index in [0.29, 0.717) is 30.3 Å². The Morgan fingerprint density at radius 2 is 1.61 bits per heavy atom. The highest BCUT2D eigenvalue weighted by atomic mass is 35.5. The van der Waals surface area contributed by atoms with Crippen molar-refractivity contribution in [3.63, 3.8) is 0 Å².